The van der Waals surface area contributed by atoms with E-state index in [1.807, 2.05) is 30.5 Å². The lowest BCUT2D eigenvalue weighted by molar-refractivity contribution is 0.240. The van der Waals surface area contributed by atoms with Crippen LogP contribution in [0.1, 0.15) is 22.8 Å². The number of carbonyl (C=O) groups excluding carboxylic acids is 1. The minimum absolute atomic E-state index is 0.203. The number of hydrogen-bond acceptors (Lipinski definition) is 3. The molecule has 2 aromatic heterocycles. The average Bonchev–Trinajstić information content (AvgIpc) is 3.37. The topological polar surface area (TPSA) is 87.6 Å². The van der Waals surface area contributed by atoms with E-state index in [9.17, 15) is 4.79 Å². The number of aromatic amines is 1. The third-order valence-electron chi connectivity index (χ3n) is 5.41. The molecular weight excluding hydrogens is 364 g/mol. The van der Waals surface area contributed by atoms with E-state index in [0.717, 1.165) is 42.1 Å². The van der Waals surface area contributed by atoms with E-state index < -0.39 is 0 Å². The number of nitrogens with zero attached hydrogens (tertiary/aromatic N) is 3. The van der Waals surface area contributed by atoms with Crippen LogP contribution in [0.5, 0.6) is 0 Å². The van der Waals surface area contributed by atoms with Gasteiger partial charge in [0.2, 0.25) is 0 Å². The molecule has 3 heterocycles. The van der Waals surface area contributed by atoms with Gasteiger partial charge in [0.15, 0.2) is 5.82 Å². The van der Waals surface area contributed by atoms with Crippen LogP contribution in [0, 0.1) is 0 Å². The van der Waals surface area contributed by atoms with Gasteiger partial charge in [0.1, 0.15) is 5.82 Å². The molecule has 0 spiro atoms. The predicted molar refractivity (Wildman–Crippen MR) is 111 cm³/mol. The Hall–Kier alpha value is -3.61. The fraction of sp³-hybridized carbons (Fsp3) is 0.227. The van der Waals surface area contributed by atoms with Gasteiger partial charge in [-0.1, -0.05) is 36.4 Å². The maximum atomic E-state index is 12.3. The molecule has 7 heteroatoms. The third-order valence-corrected chi connectivity index (χ3v) is 5.41. The van der Waals surface area contributed by atoms with Gasteiger partial charge >= 0.3 is 6.03 Å². The summed E-state index contributed by atoms with van der Waals surface area (Å²) < 4.78 is 2.06. The van der Waals surface area contributed by atoms with Gasteiger partial charge in [0.05, 0.1) is 12.2 Å². The highest BCUT2D eigenvalue weighted by Gasteiger charge is 2.20. The molecule has 146 valence electrons. The van der Waals surface area contributed by atoms with Crippen molar-refractivity contribution in [2.24, 2.45) is 0 Å². The first-order chi connectivity index (χ1) is 14.3. The van der Waals surface area contributed by atoms with Gasteiger partial charge in [0.25, 0.3) is 0 Å². The first kappa shape index (κ1) is 17.5. The maximum Gasteiger partial charge on any atom is 0.315 e. The van der Waals surface area contributed by atoms with Crippen molar-refractivity contribution in [3.63, 3.8) is 0 Å². The fourth-order valence-corrected chi connectivity index (χ4v) is 3.97. The van der Waals surface area contributed by atoms with Crippen LogP contribution in [0.15, 0.2) is 54.7 Å². The van der Waals surface area contributed by atoms with Crippen LogP contribution in [0.2, 0.25) is 0 Å². The normalized spacial score (nSPS) is 12.4. The molecule has 0 aliphatic carbocycles. The Kier molecular flexibility index (Phi) is 4.48. The lowest BCUT2D eigenvalue weighted by Crippen LogP contribution is -2.36. The number of carbonyl (C=O) groups is 1. The number of urea groups is 1. The highest BCUT2D eigenvalue weighted by molar-refractivity contribution is 5.83. The number of nitrogens with one attached hydrogen (secondary N) is 3. The molecule has 2 aromatic carbocycles. The molecule has 2 amide bonds. The van der Waals surface area contributed by atoms with Crippen LogP contribution in [-0.4, -0.2) is 32.3 Å². The molecule has 0 radical (unpaired) electrons. The number of benzene rings is 2. The first-order valence-corrected chi connectivity index (χ1v) is 9.88. The summed E-state index contributed by atoms with van der Waals surface area (Å²) >= 11 is 0. The highest BCUT2D eigenvalue weighted by Crippen LogP contribution is 2.24. The van der Waals surface area contributed by atoms with Crippen molar-refractivity contribution in [1.29, 1.82) is 0 Å². The third kappa shape index (κ3) is 3.35. The number of rotatable bonds is 5. The van der Waals surface area contributed by atoms with Crippen molar-refractivity contribution >= 4 is 16.9 Å². The Morgan fingerprint density at radius 2 is 1.90 bits per heavy atom. The van der Waals surface area contributed by atoms with Crippen molar-refractivity contribution < 1.29 is 4.79 Å². The molecular formula is C22H22N6O. The molecule has 0 fully saturated rings. The van der Waals surface area contributed by atoms with E-state index in [0.29, 0.717) is 13.1 Å². The van der Waals surface area contributed by atoms with Crippen molar-refractivity contribution in [1.82, 2.24) is 30.4 Å². The van der Waals surface area contributed by atoms with E-state index in [4.69, 9.17) is 0 Å². The largest absolute Gasteiger partial charge is 0.361 e. The van der Waals surface area contributed by atoms with Crippen LogP contribution < -0.4 is 10.6 Å². The van der Waals surface area contributed by atoms with Gasteiger partial charge in [-0.2, -0.15) is 0 Å². The predicted octanol–water partition coefficient (Wildman–Crippen LogP) is 2.89. The van der Waals surface area contributed by atoms with Gasteiger partial charge in [-0.25, -0.2) is 4.79 Å². The van der Waals surface area contributed by atoms with E-state index in [1.54, 1.807) is 0 Å². The molecule has 0 atom stereocenters. The number of hydrogen-bond donors (Lipinski definition) is 3. The van der Waals surface area contributed by atoms with Gasteiger partial charge in [-0.05, 0) is 36.1 Å². The van der Waals surface area contributed by atoms with Crippen molar-refractivity contribution in [2.45, 2.75) is 25.8 Å². The Morgan fingerprint density at radius 1 is 1.03 bits per heavy atom. The lowest BCUT2D eigenvalue weighted by Gasteiger charge is -2.19. The number of H-pyrrole nitrogens is 1. The van der Waals surface area contributed by atoms with E-state index in [1.165, 1.54) is 16.5 Å². The number of aryl methyl sites for hydroxylation is 2. The fourth-order valence-electron chi connectivity index (χ4n) is 3.97. The summed E-state index contributed by atoms with van der Waals surface area (Å²) in [7, 11) is 0. The molecule has 0 saturated carbocycles. The van der Waals surface area contributed by atoms with Crippen molar-refractivity contribution in [2.75, 3.05) is 6.54 Å². The van der Waals surface area contributed by atoms with Crippen molar-refractivity contribution in [3.8, 4) is 5.69 Å². The number of fused-ring (bicyclic) bond motifs is 4. The lowest BCUT2D eigenvalue weighted by atomic mass is 10.0. The summed E-state index contributed by atoms with van der Waals surface area (Å²) in [4.78, 5) is 15.5. The zero-order valence-electron chi connectivity index (χ0n) is 16.0. The van der Waals surface area contributed by atoms with Crippen LogP contribution in [0.25, 0.3) is 16.6 Å². The summed E-state index contributed by atoms with van der Waals surface area (Å²) in [5.41, 5.74) is 4.70. The zero-order chi connectivity index (χ0) is 19.6. The first-order valence-electron chi connectivity index (χ1n) is 9.88. The van der Waals surface area contributed by atoms with Gasteiger partial charge < -0.3 is 15.6 Å². The van der Waals surface area contributed by atoms with Gasteiger partial charge in [0, 0.05) is 30.1 Å². The number of amides is 2. The molecule has 3 N–H and O–H groups in total. The Bertz CT molecular complexity index is 1170. The number of aromatic nitrogens is 4. The Balaban J connectivity index is 1.19. The molecule has 29 heavy (non-hydrogen) atoms. The molecule has 7 nitrogen and oxygen atoms in total. The second-order valence-corrected chi connectivity index (χ2v) is 7.22. The van der Waals surface area contributed by atoms with Crippen molar-refractivity contribution in [3.05, 3.63) is 77.5 Å². The minimum atomic E-state index is -0.203. The average molecular weight is 386 g/mol. The molecule has 0 unspecified atom stereocenters. The van der Waals surface area contributed by atoms with E-state index in [2.05, 4.69) is 54.6 Å². The monoisotopic (exact) mass is 386 g/mol. The Labute approximate surface area is 168 Å². The smallest absolute Gasteiger partial charge is 0.315 e. The van der Waals surface area contributed by atoms with E-state index >= 15 is 0 Å². The number of para-hydroxylation sites is 2. The maximum absolute atomic E-state index is 12.3. The summed E-state index contributed by atoms with van der Waals surface area (Å²) in [5, 5.41) is 15.6. The molecule has 4 aromatic rings. The molecule has 1 aliphatic rings. The summed E-state index contributed by atoms with van der Waals surface area (Å²) in [6.07, 6.45) is 4.60. The summed E-state index contributed by atoms with van der Waals surface area (Å²) in [5.74, 6) is 1.69. The molecule has 0 saturated heterocycles. The minimum Gasteiger partial charge on any atom is -0.361 e. The second kappa shape index (κ2) is 7.43. The van der Waals surface area contributed by atoms with Crippen LogP contribution in [0.3, 0.4) is 0 Å². The second-order valence-electron chi connectivity index (χ2n) is 7.22. The summed E-state index contributed by atoms with van der Waals surface area (Å²) in [6.45, 7) is 0.898. The quantitative estimate of drug-likeness (QED) is 0.493. The molecule has 1 aliphatic heterocycles. The SMILES string of the molecule is O=C(NCCc1c[nH]c2ccccc12)NCc1nnc2n1-c1ccccc1CC2. The van der Waals surface area contributed by atoms with E-state index in [-0.39, 0.29) is 6.03 Å². The summed E-state index contributed by atoms with van der Waals surface area (Å²) in [6, 6.07) is 16.2. The van der Waals surface area contributed by atoms with Gasteiger partial charge in [-0.3, -0.25) is 4.57 Å². The molecule has 5 rings (SSSR count). The standard InChI is InChI=1S/C22H22N6O/c29-22(23-12-11-16-13-24-18-7-3-2-6-17(16)18)25-14-21-27-26-20-10-9-15-5-1-4-8-19(15)28(20)21/h1-8,13,24H,9-12,14H2,(H2,23,25,29). The highest BCUT2D eigenvalue weighted by atomic mass is 16.2. The zero-order valence-corrected chi connectivity index (χ0v) is 16.0. The Morgan fingerprint density at radius 3 is 2.86 bits per heavy atom. The van der Waals surface area contributed by atoms with Gasteiger partial charge in [-0.15, -0.1) is 10.2 Å². The van der Waals surface area contributed by atoms with Crippen LogP contribution in [0.4, 0.5) is 4.79 Å². The van der Waals surface area contributed by atoms with Crippen LogP contribution in [-0.2, 0) is 25.8 Å². The van der Waals surface area contributed by atoms with Crippen LogP contribution >= 0.6 is 0 Å². The molecule has 0 bridgehead atoms.